The van der Waals surface area contributed by atoms with E-state index in [2.05, 4.69) is 13.8 Å². The molecule has 0 aromatic rings. The predicted octanol–water partition coefficient (Wildman–Crippen LogP) is 3.48. The summed E-state index contributed by atoms with van der Waals surface area (Å²) in [7, 11) is 0. The molecule has 0 bridgehead atoms. The molecule has 5 rings (SSSR count). The Morgan fingerprint density at radius 1 is 0.870 bits per heavy atom. The minimum Gasteiger partial charge on any atom is -0.369 e. The van der Waals surface area contributed by atoms with Crippen molar-refractivity contribution in [3.63, 3.8) is 0 Å². The van der Waals surface area contributed by atoms with Gasteiger partial charge in [-0.2, -0.15) is 0 Å². The second-order valence-electron chi connectivity index (χ2n) is 10.1. The van der Waals surface area contributed by atoms with E-state index in [9.17, 15) is 10.2 Å². The highest BCUT2D eigenvalue weighted by Crippen LogP contribution is 2.71. The molecule has 0 unspecified atom stereocenters. The zero-order valence-corrected chi connectivity index (χ0v) is 14.7. The van der Waals surface area contributed by atoms with Gasteiger partial charge in [-0.15, -0.1) is 0 Å². The van der Waals surface area contributed by atoms with Crippen LogP contribution in [0.25, 0.3) is 0 Å². The van der Waals surface area contributed by atoms with Crippen LogP contribution < -0.4 is 0 Å². The van der Waals surface area contributed by atoms with E-state index in [1.807, 2.05) is 0 Å². The van der Waals surface area contributed by atoms with Crippen LogP contribution in [0.15, 0.2) is 0 Å². The molecule has 23 heavy (non-hydrogen) atoms. The van der Waals surface area contributed by atoms with Crippen LogP contribution >= 0.6 is 0 Å². The lowest BCUT2D eigenvalue weighted by atomic mass is 9.44. The van der Waals surface area contributed by atoms with Crippen LogP contribution in [0, 0.1) is 34.5 Å². The molecule has 5 aliphatic rings. The van der Waals surface area contributed by atoms with Crippen LogP contribution in [0.3, 0.4) is 0 Å². The fourth-order valence-corrected chi connectivity index (χ4v) is 7.88. The molecule has 130 valence electrons. The van der Waals surface area contributed by atoms with Gasteiger partial charge in [0.1, 0.15) is 0 Å². The third-order valence-corrected chi connectivity index (χ3v) is 9.49. The smallest absolute Gasteiger partial charge is 0.162 e. The Kier molecular flexibility index (Phi) is 2.86. The van der Waals surface area contributed by atoms with Crippen molar-refractivity contribution in [2.24, 2.45) is 34.5 Å². The van der Waals surface area contributed by atoms with Crippen LogP contribution in [-0.2, 0) is 4.74 Å². The van der Waals surface area contributed by atoms with E-state index in [1.54, 1.807) is 0 Å². The van der Waals surface area contributed by atoms with Gasteiger partial charge in [0.15, 0.2) is 5.79 Å². The average Bonchev–Trinajstić information content (AvgIpc) is 3.22. The van der Waals surface area contributed by atoms with Gasteiger partial charge in [-0.05, 0) is 74.0 Å². The van der Waals surface area contributed by atoms with Crippen LogP contribution in [0.5, 0.6) is 0 Å². The molecule has 7 atom stereocenters. The number of rotatable bonds is 0. The molecular formula is C20H32O3. The Balaban J connectivity index is 1.45. The maximum atomic E-state index is 10.1. The van der Waals surface area contributed by atoms with Crippen molar-refractivity contribution in [1.82, 2.24) is 0 Å². The SMILES string of the molecule is C[C@]12CCC(O)(O)C[C@@H]1CC[C@@H]1[C@@H]2CC[C@@]2(C)[C@H]1CC[C@@]21CO1. The average molecular weight is 320 g/mol. The molecule has 0 radical (unpaired) electrons. The lowest BCUT2D eigenvalue weighted by molar-refractivity contribution is -0.233. The molecule has 4 saturated carbocycles. The van der Waals surface area contributed by atoms with Gasteiger partial charge in [0.2, 0.25) is 0 Å². The molecule has 0 aromatic carbocycles. The van der Waals surface area contributed by atoms with Gasteiger partial charge in [-0.25, -0.2) is 0 Å². The highest BCUT2D eigenvalue weighted by Gasteiger charge is 2.70. The molecule has 3 heteroatoms. The highest BCUT2D eigenvalue weighted by molar-refractivity contribution is 5.18. The van der Waals surface area contributed by atoms with E-state index in [1.165, 1.54) is 38.5 Å². The molecule has 1 heterocycles. The number of ether oxygens (including phenoxy) is 1. The van der Waals surface area contributed by atoms with E-state index in [-0.39, 0.29) is 5.60 Å². The van der Waals surface area contributed by atoms with Crippen molar-refractivity contribution in [2.75, 3.05) is 6.61 Å². The maximum absolute atomic E-state index is 10.1. The third kappa shape index (κ3) is 1.82. The van der Waals surface area contributed by atoms with Crippen molar-refractivity contribution < 1.29 is 14.9 Å². The van der Waals surface area contributed by atoms with E-state index in [0.717, 1.165) is 30.8 Å². The molecule has 3 nitrogen and oxygen atoms in total. The first kappa shape index (κ1) is 15.2. The molecule has 1 aliphatic heterocycles. The van der Waals surface area contributed by atoms with Gasteiger partial charge in [0.05, 0.1) is 12.2 Å². The third-order valence-electron chi connectivity index (χ3n) is 9.49. The zero-order valence-electron chi connectivity index (χ0n) is 14.7. The summed E-state index contributed by atoms with van der Waals surface area (Å²) in [6, 6.07) is 0. The van der Waals surface area contributed by atoms with Gasteiger partial charge in [0, 0.05) is 18.3 Å². The van der Waals surface area contributed by atoms with Gasteiger partial charge < -0.3 is 14.9 Å². The number of epoxide rings is 1. The Bertz CT molecular complexity index is 525. The van der Waals surface area contributed by atoms with E-state index < -0.39 is 5.79 Å². The fourth-order valence-electron chi connectivity index (χ4n) is 7.88. The summed E-state index contributed by atoms with van der Waals surface area (Å²) in [5.74, 6) is 1.59. The molecule has 2 N–H and O–H groups in total. The summed E-state index contributed by atoms with van der Waals surface area (Å²) in [4.78, 5) is 0. The summed E-state index contributed by atoms with van der Waals surface area (Å²) >= 11 is 0. The topological polar surface area (TPSA) is 53.0 Å². The van der Waals surface area contributed by atoms with E-state index in [4.69, 9.17) is 4.74 Å². The predicted molar refractivity (Wildman–Crippen MR) is 87.6 cm³/mol. The molecule has 1 spiro atoms. The van der Waals surface area contributed by atoms with Gasteiger partial charge in [0.25, 0.3) is 0 Å². The van der Waals surface area contributed by atoms with Crippen molar-refractivity contribution in [3.05, 3.63) is 0 Å². The molecular weight excluding hydrogens is 288 g/mol. The quantitative estimate of drug-likeness (QED) is 0.531. The second kappa shape index (κ2) is 4.34. The minimum absolute atomic E-state index is 0.248. The van der Waals surface area contributed by atoms with Gasteiger partial charge >= 0.3 is 0 Å². The lowest BCUT2D eigenvalue weighted by Crippen LogP contribution is -2.56. The molecule has 0 aromatic heterocycles. The number of hydrogen-bond donors (Lipinski definition) is 2. The van der Waals surface area contributed by atoms with E-state index >= 15 is 0 Å². The summed E-state index contributed by atoms with van der Waals surface area (Å²) in [5.41, 5.74) is 1.00. The van der Waals surface area contributed by atoms with Crippen molar-refractivity contribution in [2.45, 2.75) is 83.0 Å². The second-order valence-corrected chi connectivity index (χ2v) is 10.1. The Morgan fingerprint density at radius 2 is 1.61 bits per heavy atom. The van der Waals surface area contributed by atoms with Gasteiger partial charge in [-0.1, -0.05) is 13.8 Å². The first-order valence-corrected chi connectivity index (χ1v) is 9.89. The van der Waals surface area contributed by atoms with Crippen LogP contribution in [-0.4, -0.2) is 28.2 Å². The van der Waals surface area contributed by atoms with Crippen molar-refractivity contribution >= 4 is 0 Å². The Labute approximate surface area is 139 Å². The maximum Gasteiger partial charge on any atom is 0.162 e. The van der Waals surface area contributed by atoms with E-state index in [0.29, 0.717) is 29.6 Å². The molecule has 4 aliphatic carbocycles. The molecule has 1 saturated heterocycles. The monoisotopic (exact) mass is 320 g/mol. The Morgan fingerprint density at radius 3 is 2.35 bits per heavy atom. The summed E-state index contributed by atoms with van der Waals surface area (Å²) < 4.78 is 6.00. The van der Waals surface area contributed by atoms with Crippen molar-refractivity contribution in [3.8, 4) is 0 Å². The molecule has 0 amide bonds. The zero-order chi connectivity index (χ0) is 16.1. The summed E-state index contributed by atoms with van der Waals surface area (Å²) in [6.07, 6.45) is 9.97. The number of hydrogen-bond acceptors (Lipinski definition) is 3. The van der Waals surface area contributed by atoms with Crippen LogP contribution in [0.2, 0.25) is 0 Å². The summed E-state index contributed by atoms with van der Waals surface area (Å²) in [5, 5.41) is 20.3. The first-order valence-electron chi connectivity index (χ1n) is 9.89. The Hall–Kier alpha value is -0.120. The molecule has 5 fully saturated rings. The lowest BCUT2D eigenvalue weighted by Gasteiger charge is -2.61. The van der Waals surface area contributed by atoms with Crippen LogP contribution in [0.1, 0.15) is 71.6 Å². The first-order chi connectivity index (χ1) is 10.8. The van der Waals surface area contributed by atoms with Gasteiger partial charge in [-0.3, -0.25) is 0 Å². The van der Waals surface area contributed by atoms with Crippen molar-refractivity contribution in [1.29, 1.82) is 0 Å². The number of aliphatic hydroxyl groups is 2. The fraction of sp³-hybridized carbons (Fsp3) is 1.00. The standard InChI is InChI=1S/C20H32O3/c1-17-9-10-20(21,22)11-13(17)3-4-14-15(17)5-7-18(2)16(14)6-8-19(18)12-23-19/h13-16,21-22H,3-12H2,1-2H3/t13-,14+,15-,16-,17-,18-,19+/m0/s1. The normalized spacial score (nSPS) is 60.0. The van der Waals surface area contributed by atoms with Crippen LogP contribution in [0.4, 0.5) is 0 Å². The largest absolute Gasteiger partial charge is 0.369 e. The minimum atomic E-state index is -1.40. The highest BCUT2D eigenvalue weighted by atomic mass is 16.6. The summed E-state index contributed by atoms with van der Waals surface area (Å²) in [6.45, 7) is 6.01. The number of fused-ring (bicyclic) bond motifs is 6.